The van der Waals surface area contributed by atoms with Crippen LogP contribution in [0.1, 0.15) is 10.4 Å². The van der Waals surface area contributed by atoms with Gasteiger partial charge in [-0.1, -0.05) is 12.1 Å². The number of benzene rings is 2. The normalized spacial score (nSPS) is 10.9. The maximum atomic E-state index is 12.3. The molecule has 150 valence electrons. The summed E-state index contributed by atoms with van der Waals surface area (Å²) in [6, 6.07) is 9.61. The van der Waals surface area contributed by atoms with Crippen LogP contribution in [-0.4, -0.2) is 46.6 Å². The largest absolute Gasteiger partial charge is 0.493 e. The Morgan fingerprint density at radius 1 is 1.07 bits per heavy atom. The van der Waals surface area contributed by atoms with Gasteiger partial charge in [-0.25, -0.2) is 13.1 Å². The molecule has 0 bridgehead atoms. The van der Waals surface area contributed by atoms with E-state index in [0.717, 1.165) is 12.1 Å². The molecule has 0 unspecified atom stereocenters. The number of hydrogen-bond acceptors (Lipinski definition) is 7. The van der Waals surface area contributed by atoms with E-state index in [2.05, 4.69) is 10.0 Å². The highest BCUT2D eigenvalue weighted by atomic mass is 32.2. The average molecular weight is 409 g/mol. The Labute approximate surface area is 161 Å². The molecular weight excluding hydrogens is 390 g/mol. The van der Waals surface area contributed by atoms with E-state index in [1.54, 1.807) is 6.07 Å². The summed E-state index contributed by atoms with van der Waals surface area (Å²) < 4.78 is 37.0. The number of carbonyl (C=O) groups is 1. The molecule has 11 heteroatoms. The average Bonchev–Trinajstić information content (AvgIpc) is 2.70. The molecule has 0 aliphatic rings. The number of hydrogen-bond donors (Lipinski definition) is 2. The van der Waals surface area contributed by atoms with Crippen molar-refractivity contribution < 1.29 is 27.6 Å². The number of nitro groups is 1. The fourth-order valence-corrected chi connectivity index (χ4v) is 3.56. The van der Waals surface area contributed by atoms with Crippen LogP contribution < -0.4 is 19.5 Å². The zero-order chi connectivity index (χ0) is 20.7. The molecule has 10 nitrogen and oxygen atoms in total. The van der Waals surface area contributed by atoms with Gasteiger partial charge in [-0.15, -0.1) is 0 Å². The van der Waals surface area contributed by atoms with E-state index >= 15 is 0 Å². The molecular formula is C17H19N3O7S. The van der Waals surface area contributed by atoms with E-state index in [-0.39, 0.29) is 13.1 Å². The van der Waals surface area contributed by atoms with Crippen LogP contribution in [0.25, 0.3) is 0 Å². The van der Waals surface area contributed by atoms with Crippen molar-refractivity contribution in [1.82, 2.24) is 10.0 Å². The second kappa shape index (κ2) is 9.15. The number of ether oxygens (including phenoxy) is 2. The van der Waals surface area contributed by atoms with Gasteiger partial charge in [0.1, 0.15) is 0 Å². The second-order valence-corrected chi connectivity index (χ2v) is 7.18. The van der Waals surface area contributed by atoms with E-state index in [0.29, 0.717) is 17.1 Å². The van der Waals surface area contributed by atoms with Crippen LogP contribution in [0.3, 0.4) is 0 Å². The highest BCUT2D eigenvalue weighted by Crippen LogP contribution is 2.27. The quantitative estimate of drug-likeness (QED) is 0.362. The Balaban J connectivity index is 1.97. The molecule has 0 aliphatic heterocycles. The molecule has 2 rings (SSSR count). The van der Waals surface area contributed by atoms with Crippen LogP contribution >= 0.6 is 0 Å². The molecule has 0 aliphatic carbocycles. The number of rotatable bonds is 9. The topological polar surface area (TPSA) is 137 Å². The Hall–Kier alpha value is -3.18. The molecule has 0 atom stereocenters. The van der Waals surface area contributed by atoms with Crippen LogP contribution in [0.4, 0.5) is 5.69 Å². The summed E-state index contributed by atoms with van der Waals surface area (Å²) in [6.07, 6.45) is 0. The Bertz CT molecular complexity index is 976. The molecule has 0 saturated heterocycles. The zero-order valence-corrected chi connectivity index (χ0v) is 16.0. The van der Waals surface area contributed by atoms with Crippen LogP contribution in [0.5, 0.6) is 11.5 Å². The van der Waals surface area contributed by atoms with Crippen molar-refractivity contribution in [3.63, 3.8) is 0 Å². The number of carbonyl (C=O) groups excluding carboxylic acids is 1. The minimum atomic E-state index is -4.10. The fraction of sp³-hybridized carbons (Fsp3) is 0.235. The summed E-state index contributed by atoms with van der Waals surface area (Å²) in [7, 11) is -1.18. The summed E-state index contributed by atoms with van der Waals surface area (Å²) in [6.45, 7) is -0.166. The summed E-state index contributed by atoms with van der Waals surface area (Å²) in [5.41, 5.74) is -0.219. The van der Waals surface area contributed by atoms with E-state index < -0.39 is 31.4 Å². The number of methoxy groups -OCH3 is 2. The molecule has 0 radical (unpaired) electrons. The molecule has 0 spiro atoms. The van der Waals surface area contributed by atoms with Crippen LogP contribution in [0, 0.1) is 10.1 Å². The van der Waals surface area contributed by atoms with Gasteiger partial charge in [-0.2, -0.15) is 0 Å². The number of nitro benzene ring substituents is 1. The first kappa shape index (κ1) is 21.1. The van der Waals surface area contributed by atoms with Crippen molar-refractivity contribution >= 4 is 21.6 Å². The molecule has 2 aromatic carbocycles. The summed E-state index contributed by atoms with van der Waals surface area (Å²) in [5.74, 6) is 0.411. The number of nitrogens with zero attached hydrogens (tertiary/aromatic N) is 1. The first-order chi connectivity index (χ1) is 13.3. The molecule has 2 aromatic rings. The Morgan fingerprint density at radius 3 is 2.39 bits per heavy atom. The first-order valence-corrected chi connectivity index (χ1v) is 9.51. The molecule has 0 fully saturated rings. The predicted octanol–water partition coefficient (Wildman–Crippen LogP) is 1.32. The Morgan fingerprint density at radius 2 is 1.75 bits per heavy atom. The highest BCUT2D eigenvalue weighted by molar-refractivity contribution is 7.89. The van der Waals surface area contributed by atoms with Gasteiger partial charge in [0, 0.05) is 24.7 Å². The van der Waals surface area contributed by atoms with Gasteiger partial charge in [-0.3, -0.25) is 14.9 Å². The second-order valence-electron chi connectivity index (χ2n) is 5.45. The number of amides is 1. The summed E-state index contributed by atoms with van der Waals surface area (Å²) >= 11 is 0. The Kier molecular flexibility index (Phi) is 6.90. The van der Waals surface area contributed by atoms with Gasteiger partial charge in [0.15, 0.2) is 16.4 Å². The van der Waals surface area contributed by atoms with Gasteiger partial charge in [0.2, 0.25) is 10.0 Å². The van der Waals surface area contributed by atoms with E-state index in [4.69, 9.17) is 9.47 Å². The van der Waals surface area contributed by atoms with Crippen molar-refractivity contribution in [1.29, 1.82) is 0 Å². The molecule has 0 heterocycles. The standard InChI is InChI=1S/C17H19N3O7S/c1-26-14-8-7-12(11-15(14)27-2)17(21)18-9-10-19-28(24,25)16-6-4-3-5-13(16)20(22)23/h3-8,11,19H,9-10H2,1-2H3,(H,18,21). The van der Waals surface area contributed by atoms with Gasteiger partial charge in [0.05, 0.1) is 19.1 Å². The SMILES string of the molecule is COc1ccc(C(=O)NCCNS(=O)(=O)c2ccccc2[N+](=O)[O-])cc1OC. The minimum Gasteiger partial charge on any atom is -0.493 e. The maximum absolute atomic E-state index is 12.3. The molecule has 28 heavy (non-hydrogen) atoms. The van der Waals surface area contributed by atoms with Crippen molar-refractivity contribution in [3.05, 3.63) is 58.1 Å². The minimum absolute atomic E-state index is 0.0208. The van der Waals surface area contributed by atoms with Crippen LogP contribution in [-0.2, 0) is 10.0 Å². The lowest BCUT2D eigenvalue weighted by atomic mass is 10.2. The monoisotopic (exact) mass is 409 g/mol. The van der Waals surface area contributed by atoms with Gasteiger partial charge < -0.3 is 14.8 Å². The molecule has 0 saturated carbocycles. The van der Waals surface area contributed by atoms with Crippen LogP contribution in [0.15, 0.2) is 47.4 Å². The predicted molar refractivity (Wildman–Crippen MR) is 100 cm³/mol. The van der Waals surface area contributed by atoms with E-state index in [9.17, 15) is 23.3 Å². The van der Waals surface area contributed by atoms with Crippen molar-refractivity contribution in [2.75, 3.05) is 27.3 Å². The highest BCUT2D eigenvalue weighted by Gasteiger charge is 2.24. The van der Waals surface area contributed by atoms with E-state index in [1.807, 2.05) is 0 Å². The maximum Gasteiger partial charge on any atom is 0.289 e. The third-order valence-corrected chi connectivity index (χ3v) is 5.21. The molecule has 1 amide bonds. The van der Waals surface area contributed by atoms with Crippen molar-refractivity contribution in [3.8, 4) is 11.5 Å². The lowest BCUT2D eigenvalue weighted by Gasteiger charge is -2.11. The van der Waals surface area contributed by atoms with Gasteiger partial charge in [-0.05, 0) is 24.3 Å². The zero-order valence-electron chi connectivity index (χ0n) is 15.2. The fourth-order valence-electron chi connectivity index (χ4n) is 2.35. The summed E-state index contributed by atoms with van der Waals surface area (Å²) in [5, 5.41) is 13.5. The molecule has 2 N–H and O–H groups in total. The summed E-state index contributed by atoms with van der Waals surface area (Å²) in [4.78, 5) is 21.9. The third-order valence-electron chi connectivity index (χ3n) is 3.70. The number of para-hydroxylation sites is 1. The smallest absolute Gasteiger partial charge is 0.289 e. The van der Waals surface area contributed by atoms with Crippen molar-refractivity contribution in [2.24, 2.45) is 0 Å². The third kappa shape index (κ3) is 4.96. The number of sulfonamides is 1. The van der Waals surface area contributed by atoms with Gasteiger partial charge in [0.25, 0.3) is 11.6 Å². The molecule has 0 aromatic heterocycles. The lowest BCUT2D eigenvalue weighted by molar-refractivity contribution is -0.387. The lowest BCUT2D eigenvalue weighted by Crippen LogP contribution is -2.34. The van der Waals surface area contributed by atoms with Crippen molar-refractivity contribution in [2.45, 2.75) is 4.90 Å². The first-order valence-electron chi connectivity index (χ1n) is 8.03. The van der Waals surface area contributed by atoms with E-state index in [1.165, 1.54) is 38.5 Å². The van der Waals surface area contributed by atoms with Gasteiger partial charge >= 0.3 is 0 Å². The number of nitrogens with one attached hydrogen (secondary N) is 2. The van der Waals surface area contributed by atoms with Crippen LogP contribution in [0.2, 0.25) is 0 Å².